The summed E-state index contributed by atoms with van der Waals surface area (Å²) in [4.78, 5) is 3.66. The third-order valence-electron chi connectivity index (χ3n) is 3.81. The lowest BCUT2D eigenvalue weighted by Gasteiger charge is -2.47. The molecule has 0 atom stereocenters. The van der Waals surface area contributed by atoms with Gasteiger partial charge in [0.25, 0.3) is 0 Å². The second kappa shape index (κ2) is 5.70. The molecule has 0 unspecified atom stereocenters. The van der Waals surface area contributed by atoms with Crippen LogP contribution in [0.25, 0.3) is 0 Å². The molecule has 112 valence electrons. The van der Waals surface area contributed by atoms with Crippen LogP contribution in [0.2, 0.25) is 32.7 Å². The minimum atomic E-state index is -2.24. The second-order valence-electron chi connectivity index (χ2n) is 6.94. The predicted molar refractivity (Wildman–Crippen MR) is 84.4 cm³/mol. The summed E-state index contributed by atoms with van der Waals surface area (Å²) >= 11 is 0. The van der Waals surface area contributed by atoms with Crippen molar-refractivity contribution in [3.05, 3.63) is 0 Å². The van der Waals surface area contributed by atoms with Crippen molar-refractivity contribution >= 4 is 25.8 Å². The molecule has 1 aliphatic carbocycles. The van der Waals surface area contributed by atoms with E-state index in [1.807, 2.05) is 0 Å². The molecule has 0 bridgehead atoms. The Morgan fingerprint density at radius 3 is 1.89 bits per heavy atom. The van der Waals surface area contributed by atoms with Crippen molar-refractivity contribution in [2.45, 2.75) is 64.8 Å². The molecule has 0 aromatic carbocycles. The van der Waals surface area contributed by atoms with Gasteiger partial charge in [-0.25, -0.2) is 0 Å². The highest BCUT2D eigenvalue weighted by Gasteiger charge is 2.53. The van der Waals surface area contributed by atoms with Crippen LogP contribution in [0.4, 0.5) is 0 Å². The highest BCUT2D eigenvalue weighted by Crippen LogP contribution is 2.30. The Labute approximate surface area is 121 Å². The van der Waals surface area contributed by atoms with Crippen molar-refractivity contribution in [3.63, 3.8) is 0 Å². The fourth-order valence-electron chi connectivity index (χ4n) is 3.39. The molecule has 1 saturated heterocycles. The first kappa shape index (κ1) is 15.9. The van der Waals surface area contributed by atoms with Crippen LogP contribution in [0.1, 0.15) is 32.1 Å². The van der Waals surface area contributed by atoms with Crippen LogP contribution >= 0.6 is 0 Å². The first-order valence-corrected chi connectivity index (χ1v) is 15.5. The van der Waals surface area contributed by atoms with E-state index in [2.05, 4.69) is 37.7 Å². The Morgan fingerprint density at radius 2 is 1.37 bits per heavy atom. The molecule has 7 heteroatoms. The summed E-state index contributed by atoms with van der Waals surface area (Å²) in [7, 11) is -6.27. The first-order valence-electron chi connectivity index (χ1n) is 7.55. The Hall–Kier alpha value is 0.491. The predicted octanol–water partition coefficient (Wildman–Crippen LogP) is 3.19. The summed E-state index contributed by atoms with van der Waals surface area (Å²) in [6.07, 6.45) is 6.89. The van der Waals surface area contributed by atoms with Crippen molar-refractivity contribution in [3.8, 4) is 0 Å². The molecule has 0 amide bonds. The Bertz CT molecular complexity index is 303. The van der Waals surface area contributed by atoms with E-state index in [4.69, 9.17) is 12.3 Å². The molecule has 2 rings (SSSR count). The van der Waals surface area contributed by atoms with Crippen molar-refractivity contribution < 1.29 is 12.3 Å². The van der Waals surface area contributed by atoms with Gasteiger partial charge >= 0.3 is 25.8 Å². The lowest BCUT2D eigenvalue weighted by atomic mass is 9.90. The molecule has 1 N–H and O–H groups in total. The van der Waals surface area contributed by atoms with Crippen LogP contribution in [0, 0.1) is 5.92 Å². The fraction of sp³-hybridized carbons (Fsp3) is 1.00. The van der Waals surface area contributed by atoms with Crippen LogP contribution < -0.4 is 4.98 Å². The van der Waals surface area contributed by atoms with Gasteiger partial charge in [0.15, 0.2) is 0 Å². The normalized spacial score (nSPS) is 30.2. The lowest BCUT2D eigenvalue weighted by Crippen LogP contribution is -2.71. The monoisotopic (exact) mass is 319 g/mol. The maximum atomic E-state index is 6.24. The standard InChI is InChI=1S/C12H29NO3Si3/c1-17(2)14-18(3,4)16-19(5,15-17)13-11-12-9-7-6-8-10-12/h12-13H,6-11H2,1-5H3. The summed E-state index contributed by atoms with van der Waals surface area (Å²) in [5.41, 5.74) is 0. The first-order chi connectivity index (χ1) is 8.70. The molecular formula is C12H29NO3Si3. The van der Waals surface area contributed by atoms with Crippen molar-refractivity contribution in [2.75, 3.05) is 6.54 Å². The van der Waals surface area contributed by atoms with Crippen LogP contribution in [0.3, 0.4) is 0 Å². The van der Waals surface area contributed by atoms with Crippen molar-refractivity contribution in [2.24, 2.45) is 5.92 Å². The third kappa shape index (κ3) is 4.76. The van der Waals surface area contributed by atoms with Crippen LogP contribution in [-0.4, -0.2) is 32.4 Å². The zero-order valence-corrected chi connectivity index (χ0v) is 16.0. The maximum Gasteiger partial charge on any atom is 0.404 e. The molecule has 0 aromatic rings. The van der Waals surface area contributed by atoms with E-state index < -0.39 is 25.8 Å². The van der Waals surface area contributed by atoms with Gasteiger partial charge < -0.3 is 12.3 Å². The molecule has 1 heterocycles. The molecule has 0 radical (unpaired) electrons. The Morgan fingerprint density at radius 1 is 0.842 bits per heavy atom. The number of rotatable bonds is 3. The summed E-state index contributed by atoms with van der Waals surface area (Å²) in [6.45, 7) is 11.8. The molecule has 2 fully saturated rings. The quantitative estimate of drug-likeness (QED) is 0.811. The van der Waals surface area contributed by atoms with E-state index in [0.29, 0.717) is 0 Å². The van der Waals surface area contributed by atoms with Gasteiger partial charge in [0.05, 0.1) is 0 Å². The van der Waals surface area contributed by atoms with Gasteiger partial charge in [0.2, 0.25) is 0 Å². The number of hydrogen-bond donors (Lipinski definition) is 1. The van der Waals surface area contributed by atoms with E-state index in [-0.39, 0.29) is 0 Å². The lowest BCUT2D eigenvalue weighted by molar-refractivity contribution is 0.218. The average Bonchev–Trinajstić information content (AvgIpc) is 2.23. The maximum absolute atomic E-state index is 6.24. The minimum absolute atomic E-state index is 0.808. The summed E-state index contributed by atoms with van der Waals surface area (Å²) in [6, 6.07) is 0. The molecule has 0 aromatic heterocycles. The van der Waals surface area contributed by atoms with E-state index >= 15 is 0 Å². The van der Waals surface area contributed by atoms with E-state index in [1.165, 1.54) is 32.1 Å². The third-order valence-corrected chi connectivity index (χ3v) is 15.6. The average molecular weight is 320 g/mol. The molecule has 0 spiro atoms. The minimum Gasteiger partial charge on any atom is -0.416 e. The molecular weight excluding hydrogens is 290 g/mol. The van der Waals surface area contributed by atoms with Crippen LogP contribution in [0.15, 0.2) is 0 Å². The van der Waals surface area contributed by atoms with Gasteiger partial charge in [-0.1, -0.05) is 19.3 Å². The van der Waals surface area contributed by atoms with E-state index in [0.717, 1.165) is 12.5 Å². The second-order valence-corrected chi connectivity index (χ2v) is 17.2. The number of nitrogens with one attached hydrogen (secondary N) is 1. The Balaban J connectivity index is 1.92. The van der Waals surface area contributed by atoms with E-state index in [9.17, 15) is 0 Å². The Kier molecular flexibility index (Phi) is 4.77. The van der Waals surface area contributed by atoms with Gasteiger partial charge in [-0.2, -0.15) is 0 Å². The zero-order chi connectivity index (χ0) is 14.1. The molecule has 1 aliphatic heterocycles. The van der Waals surface area contributed by atoms with Gasteiger partial charge in [-0.05, 0) is 58.0 Å². The fourth-order valence-corrected chi connectivity index (χ4v) is 18.5. The van der Waals surface area contributed by atoms with E-state index in [1.54, 1.807) is 0 Å². The van der Waals surface area contributed by atoms with Gasteiger partial charge in [-0.3, -0.25) is 4.98 Å². The topological polar surface area (TPSA) is 39.7 Å². The zero-order valence-electron chi connectivity index (χ0n) is 13.0. The summed E-state index contributed by atoms with van der Waals surface area (Å²) < 4.78 is 18.6. The highest BCUT2D eigenvalue weighted by atomic mass is 28.5. The summed E-state index contributed by atoms with van der Waals surface area (Å²) in [5.74, 6) is 0.808. The van der Waals surface area contributed by atoms with Crippen molar-refractivity contribution in [1.29, 1.82) is 0 Å². The SMILES string of the molecule is C[Si]1(C)O[Si](C)(C)O[Si](C)(NCC2CCCCC2)O1. The van der Waals surface area contributed by atoms with Crippen molar-refractivity contribution in [1.82, 2.24) is 4.98 Å². The van der Waals surface area contributed by atoms with Gasteiger partial charge in [0, 0.05) is 0 Å². The molecule has 1 saturated carbocycles. The van der Waals surface area contributed by atoms with Gasteiger partial charge in [0.1, 0.15) is 0 Å². The van der Waals surface area contributed by atoms with Gasteiger partial charge in [-0.15, -0.1) is 0 Å². The molecule has 2 aliphatic rings. The smallest absolute Gasteiger partial charge is 0.404 e. The largest absolute Gasteiger partial charge is 0.416 e. The van der Waals surface area contributed by atoms with Crippen LogP contribution in [-0.2, 0) is 12.3 Å². The van der Waals surface area contributed by atoms with Crippen LogP contribution in [0.5, 0.6) is 0 Å². The number of hydrogen-bond acceptors (Lipinski definition) is 4. The highest BCUT2D eigenvalue weighted by molar-refractivity contribution is 6.92. The molecule has 4 nitrogen and oxygen atoms in total. The molecule has 19 heavy (non-hydrogen) atoms. The summed E-state index contributed by atoms with van der Waals surface area (Å²) in [5, 5.41) is 0.